The number of halogens is 3. The number of amides is 1. The number of hydrogen-bond donors (Lipinski definition) is 0. The minimum Gasteiger partial charge on any atom is -0.497 e. The molecule has 0 spiro atoms. The minimum atomic E-state index is -4.38. The third-order valence-corrected chi connectivity index (χ3v) is 4.99. The number of benzene rings is 2. The molecule has 0 fully saturated rings. The lowest BCUT2D eigenvalue weighted by atomic mass is 10.1. The number of aromatic nitrogens is 2. The summed E-state index contributed by atoms with van der Waals surface area (Å²) in [6.07, 6.45) is -4.38. The van der Waals surface area contributed by atoms with Crippen LogP contribution in [0.15, 0.2) is 58.2 Å². The van der Waals surface area contributed by atoms with Crippen molar-refractivity contribution in [2.45, 2.75) is 17.9 Å². The van der Waals surface area contributed by atoms with E-state index in [9.17, 15) is 18.0 Å². The van der Waals surface area contributed by atoms with Gasteiger partial charge < -0.3 is 14.1 Å². The number of carbonyl (C=O) groups is 1. The predicted molar refractivity (Wildman–Crippen MR) is 105 cm³/mol. The van der Waals surface area contributed by atoms with Crippen LogP contribution in [0.2, 0.25) is 0 Å². The van der Waals surface area contributed by atoms with E-state index in [1.54, 1.807) is 38.4 Å². The minimum absolute atomic E-state index is 0.0569. The van der Waals surface area contributed by atoms with Gasteiger partial charge in [0.1, 0.15) is 5.75 Å². The lowest BCUT2D eigenvalue weighted by Crippen LogP contribution is -2.27. The molecule has 0 aliphatic carbocycles. The molecule has 0 bridgehead atoms. The predicted octanol–water partition coefficient (Wildman–Crippen LogP) is 4.51. The summed E-state index contributed by atoms with van der Waals surface area (Å²) in [6, 6.07) is 11.8. The zero-order valence-corrected chi connectivity index (χ0v) is 17.0. The summed E-state index contributed by atoms with van der Waals surface area (Å²) >= 11 is 1.09. The molecule has 0 saturated heterocycles. The van der Waals surface area contributed by atoms with Gasteiger partial charge in [0.05, 0.1) is 18.4 Å². The van der Waals surface area contributed by atoms with E-state index in [1.807, 2.05) is 0 Å². The van der Waals surface area contributed by atoms with Crippen LogP contribution in [-0.4, -0.2) is 40.9 Å². The standard InChI is InChI=1S/C20H18F3N3O3S/c1-26(11-13-3-7-15(8-4-13)20(21,22)23)17(27)12-30-19-25-24-18(29-19)14-5-9-16(28-2)10-6-14/h3-10H,11-12H2,1-2H3. The molecule has 1 amide bonds. The highest BCUT2D eigenvalue weighted by molar-refractivity contribution is 7.99. The Morgan fingerprint density at radius 3 is 2.37 bits per heavy atom. The first-order valence-corrected chi connectivity index (χ1v) is 9.75. The van der Waals surface area contributed by atoms with Crippen LogP contribution in [0.1, 0.15) is 11.1 Å². The average Bonchev–Trinajstić information content (AvgIpc) is 3.21. The van der Waals surface area contributed by atoms with Crippen molar-refractivity contribution in [1.29, 1.82) is 0 Å². The van der Waals surface area contributed by atoms with Crippen LogP contribution < -0.4 is 4.74 Å². The van der Waals surface area contributed by atoms with Gasteiger partial charge in [-0.3, -0.25) is 4.79 Å². The third kappa shape index (κ3) is 5.53. The average molecular weight is 437 g/mol. The topological polar surface area (TPSA) is 68.5 Å². The Labute approximate surface area is 175 Å². The van der Waals surface area contributed by atoms with Crippen molar-refractivity contribution >= 4 is 17.7 Å². The molecular weight excluding hydrogens is 419 g/mol. The van der Waals surface area contributed by atoms with E-state index in [0.29, 0.717) is 17.2 Å². The number of thioether (sulfide) groups is 1. The summed E-state index contributed by atoms with van der Waals surface area (Å²) in [7, 11) is 3.15. The maximum absolute atomic E-state index is 12.6. The zero-order valence-electron chi connectivity index (χ0n) is 16.1. The Morgan fingerprint density at radius 1 is 1.10 bits per heavy atom. The first-order chi connectivity index (χ1) is 14.3. The number of carbonyl (C=O) groups excluding carboxylic acids is 1. The van der Waals surface area contributed by atoms with Gasteiger partial charge in [-0.1, -0.05) is 23.9 Å². The number of nitrogens with zero attached hydrogens (tertiary/aromatic N) is 3. The number of alkyl halides is 3. The maximum Gasteiger partial charge on any atom is 0.416 e. The Bertz CT molecular complexity index is 989. The van der Waals surface area contributed by atoms with Crippen LogP contribution in [0.3, 0.4) is 0 Å². The van der Waals surface area contributed by atoms with Crippen molar-refractivity contribution in [2.75, 3.05) is 19.9 Å². The van der Waals surface area contributed by atoms with E-state index in [4.69, 9.17) is 9.15 Å². The van der Waals surface area contributed by atoms with Gasteiger partial charge in [-0.2, -0.15) is 13.2 Å². The fourth-order valence-corrected chi connectivity index (χ4v) is 3.22. The highest BCUT2D eigenvalue weighted by atomic mass is 32.2. The molecule has 0 atom stereocenters. The van der Waals surface area contributed by atoms with Gasteiger partial charge in [-0.15, -0.1) is 10.2 Å². The highest BCUT2D eigenvalue weighted by Gasteiger charge is 2.30. The second kappa shape index (κ2) is 9.21. The zero-order chi connectivity index (χ0) is 21.7. The van der Waals surface area contributed by atoms with E-state index in [0.717, 1.165) is 29.5 Å². The summed E-state index contributed by atoms with van der Waals surface area (Å²) in [5, 5.41) is 8.13. The normalized spacial score (nSPS) is 11.4. The van der Waals surface area contributed by atoms with Crippen LogP contribution in [0, 0.1) is 0 Å². The third-order valence-electron chi connectivity index (χ3n) is 4.19. The Balaban J connectivity index is 1.53. The van der Waals surface area contributed by atoms with E-state index in [1.165, 1.54) is 17.0 Å². The fraction of sp³-hybridized carbons (Fsp3) is 0.250. The van der Waals surface area contributed by atoms with Crippen LogP contribution in [-0.2, 0) is 17.5 Å². The summed E-state index contributed by atoms with van der Waals surface area (Å²) in [5.74, 6) is 0.867. The van der Waals surface area contributed by atoms with E-state index in [2.05, 4.69) is 10.2 Å². The highest BCUT2D eigenvalue weighted by Crippen LogP contribution is 2.29. The van der Waals surface area contributed by atoms with Gasteiger partial charge in [0.25, 0.3) is 5.22 Å². The second-order valence-corrected chi connectivity index (χ2v) is 7.26. The molecule has 0 aliphatic rings. The summed E-state index contributed by atoms with van der Waals surface area (Å²) in [4.78, 5) is 13.7. The fourth-order valence-electron chi connectivity index (χ4n) is 2.51. The number of hydrogen-bond acceptors (Lipinski definition) is 6. The van der Waals surface area contributed by atoms with Crippen molar-refractivity contribution in [1.82, 2.24) is 15.1 Å². The Kier molecular flexibility index (Phi) is 6.66. The molecule has 2 aromatic carbocycles. The molecule has 3 aromatic rings. The van der Waals surface area contributed by atoms with Crippen LogP contribution in [0.25, 0.3) is 11.5 Å². The molecule has 3 rings (SSSR count). The Morgan fingerprint density at radius 2 is 1.77 bits per heavy atom. The molecule has 0 N–H and O–H groups in total. The molecule has 6 nitrogen and oxygen atoms in total. The molecule has 158 valence electrons. The monoisotopic (exact) mass is 437 g/mol. The first-order valence-electron chi connectivity index (χ1n) is 8.77. The molecular formula is C20H18F3N3O3S. The lowest BCUT2D eigenvalue weighted by molar-refractivity contribution is -0.137. The van der Waals surface area contributed by atoms with Gasteiger partial charge in [0.2, 0.25) is 11.8 Å². The molecule has 0 aliphatic heterocycles. The molecule has 1 heterocycles. The van der Waals surface area contributed by atoms with Gasteiger partial charge in [0.15, 0.2) is 0 Å². The van der Waals surface area contributed by atoms with Crippen molar-refractivity contribution in [3.05, 3.63) is 59.7 Å². The smallest absolute Gasteiger partial charge is 0.416 e. The van der Waals surface area contributed by atoms with E-state index in [-0.39, 0.29) is 23.4 Å². The summed E-state index contributed by atoms with van der Waals surface area (Å²) < 4.78 is 48.5. The SMILES string of the molecule is COc1ccc(-c2nnc(SCC(=O)N(C)Cc3ccc(C(F)(F)F)cc3)o2)cc1. The quantitative estimate of drug-likeness (QED) is 0.507. The number of methoxy groups -OCH3 is 1. The number of ether oxygens (including phenoxy) is 1. The van der Waals surface area contributed by atoms with Gasteiger partial charge >= 0.3 is 6.18 Å². The lowest BCUT2D eigenvalue weighted by Gasteiger charge is -2.17. The summed E-state index contributed by atoms with van der Waals surface area (Å²) in [6.45, 7) is 0.193. The van der Waals surface area contributed by atoms with Gasteiger partial charge in [-0.05, 0) is 42.0 Å². The van der Waals surface area contributed by atoms with Crippen molar-refractivity contribution in [3.8, 4) is 17.2 Å². The maximum atomic E-state index is 12.6. The molecule has 10 heteroatoms. The molecule has 30 heavy (non-hydrogen) atoms. The van der Waals surface area contributed by atoms with E-state index >= 15 is 0 Å². The Hall–Kier alpha value is -3.01. The molecule has 0 unspecified atom stereocenters. The molecule has 0 radical (unpaired) electrons. The van der Waals surface area contributed by atoms with Crippen molar-refractivity contribution in [2.24, 2.45) is 0 Å². The van der Waals surface area contributed by atoms with Gasteiger partial charge in [-0.25, -0.2) is 0 Å². The largest absolute Gasteiger partial charge is 0.497 e. The van der Waals surface area contributed by atoms with E-state index < -0.39 is 11.7 Å². The second-order valence-electron chi connectivity index (χ2n) is 6.33. The molecule has 0 saturated carbocycles. The van der Waals surface area contributed by atoms with Crippen LogP contribution in [0.4, 0.5) is 13.2 Å². The van der Waals surface area contributed by atoms with Gasteiger partial charge in [0, 0.05) is 19.2 Å². The molecule has 1 aromatic heterocycles. The first kappa shape index (κ1) is 21.7. The van der Waals surface area contributed by atoms with Crippen molar-refractivity contribution in [3.63, 3.8) is 0 Å². The van der Waals surface area contributed by atoms with Crippen LogP contribution >= 0.6 is 11.8 Å². The summed E-state index contributed by atoms with van der Waals surface area (Å²) in [5.41, 5.74) is 0.601. The van der Waals surface area contributed by atoms with Crippen LogP contribution in [0.5, 0.6) is 5.75 Å². The number of rotatable bonds is 7. The van der Waals surface area contributed by atoms with Crippen molar-refractivity contribution < 1.29 is 27.1 Å².